The van der Waals surface area contributed by atoms with Crippen LogP contribution in [0.5, 0.6) is 5.75 Å². The Hall–Kier alpha value is -1.23. The maximum absolute atomic E-state index is 12.6. The van der Waals surface area contributed by atoms with Gasteiger partial charge in [0.15, 0.2) is 5.69 Å². The molecular weight excluding hydrogens is 260 g/mol. The normalized spacial score (nSPS) is 26.8. The van der Waals surface area contributed by atoms with Gasteiger partial charge in [0.1, 0.15) is 5.75 Å². The van der Waals surface area contributed by atoms with E-state index in [2.05, 4.69) is 4.98 Å². The van der Waals surface area contributed by atoms with Crippen LogP contribution in [0, 0.1) is 0 Å². The Labute approximate surface area is 117 Å². The molecule has 1 aromatic rings. The van der Waals surface area contributed by atoms with Crippen LogP contribution in [0.1, 0.15) is 36.2 Å². The lowest BCUT2D eigenvalue weighted by Gasteiger charge is -2.43. The van der Waals surface area contributed by atoms with Crippen LogP contribution < -0.4 is 0 Å². The molecule has 0 aromatic carbocycles. The van der Waals surface area contributed by atoms with Gasteiger partial charge in [0, 0.05) is 29.8 Å². The van der Waals surface area contributed by atoms with Gasteiger partial charge >= 0.3 is 0 Å². The smallest absolute Gasteiger partial charge is 0.276 e. The number of pyridine rings is 1. The van der Waals surface area contributed by atoms with E-state index >= 15 is 0 Å². The zero-order chi connectivity index (χ0) is 13.2. The molecule has 19 heavy (non-hydrogen) atoms. The number of nitrogens with zero attached hydrogens (tertiary/aromatic N) is 2. The first kappa shape index (κ1) is 12.8. The molecule has 3 rings (SSSR count). The molecule has 102 valence electrons. The minimum atomic E-state index is -0.115. The Morgan fingerprint density at radius 1 is 1.42 bits per heavy atom. The van der Waals surface area contributed by atoms with Crippen LogP contribution in [0.4, 0.5) is 0 Å². The van der Waals surface area contributed by atoms with Gasteiger partial charge in [-0.2, -0.15) is 11.8 Å². The molecule has 1 aromatic heterocycles. The summed E-state index contributed by atoms with van der Waals surface area (Å²) in [6.45, 7) is 0.765. The van der Waals surface area contributed by atoms with Gasteiger partial charge in [-0.3, -0.25) is 4.79 Å². The Morgan fingerprint density at radius 3 is 3.11 bits per heavy atom. The van der Waals surface area contributed by atoms with E-state index in [1.807, 2.05) is 16.7 Å². The molecule has 1 aliphatic carbocycles. The standard InChI is InChI=1S/C14H18N2O2S/c17-11-5-3-7-15-13(11)14(18)16-8-9-19-12-6-2-1-4-10(12)16/h3,5,7,10,12,17H,1-2,4,6,8-9H2/t10-,12-/m1/s1. The molecule has 4 nitrogen and oxygen atoms in total. The van der Waals surface area contributed by atoms with E-state index in [0.29, 0.717) is 11.3 Å². The molecule has 5 heteroatoms. The highest BCUT2D eigenvalue weighted by atomic mass is 32.2. The summed E-state index contributed by atoms with van der Waals surface area (Å²) < 4.78 is 0. The fraction of sp³-hybridized carbons (Fsp3) is 0.571. The van der Waals surface area contributed by atoms with E-state index in [9.17, 15) is 9.90 Å². The first-order valence-electron chi connectivity index (χ1n) is 6.84. The fourth-order valence-electron chi connectivity index (χ4n) is 3.05. The summed E-state index contributed by atoms with van der Waals surface area (Å²) in [7, 11) is 0. The van der Waals surface area contributed by atoms with Crippen molar-refractivity contribution in [1.82, 2.24) is 9.88 Å². The molecule has 0 unspecified atom stereocenters. The summed E-state index contributed by atoms with van der Waals surface area (Å²) in [5.41, 5.74) is 0.193. The topological polar surface area (TPSA) is 53.4 Å². The number of hydrogen-bond acceptors (Lipinski definition) is 4. The van der Waals surface area contributed by atoms with E-state index in [1.54, 1.807) is 12.3 Å². The number of rotatable bonds is 1. The third-order valence-electron chi connectivity index (χ3n) is 3.98. The van der Waals surface area contributed by atoms with Crippen LogP contribution >= 0.6 is 11.8 Å². The highest BCUT2D eigenvalue weighted by molar-refractivity contribution is 8.00. The summed E-state index contributed by atoms with van der Waals surface area (Å²) in [4.78, 5) is 18.5. The zero-order valence-electron chi connectivity index (χ0n) is 10.8. The SMILES string of the molecule is O=C(c1ncccc1O)N1CCS[C@@H]2CCCC[C@H]21. The largest absolute Gasteiger partial charge is 0.505 e. The summed E-state index contributed by atoms with van der Waals surface area (Å²) in [5.74, 6) is 0.855. The van der Waals surface area contributed by atoms with Crippen molar-refractivity contribution in [3.63, 3.8) is 0 Å². The summed E-state index contributed by atoms with van der Waals surface area (Å²) in [5, 5.41) is 10.4. The van der Waals surface area contributed by atoms with Crippen molar-refractivity contribution in [2.75, 3.05) is 12.3 Å². The van der Waals surface area contributed by atoms with Gasteiger partial charge in [-0.1, -0.05) is 12.8 Å². The number of aromatic hydroxyl groups is 1. The van der Waals surface area contributed by atoms with Crippen LogP contribution in [0.25, 0.3) is 0 Å². The lowest BCUT2D eigenvalue weighted by atomic mass is 9.93. The first-order valence-corrected chi connectivity index (χ1v) is 7.89. The third kappa shape index (κ3) is 2.43. The summed E-state index contributed by atoms with van der Waals surface area (Å²) >= 11 is 1.99. The number of amides is 1. The molecule has 2 heterocycles. The van der Waals surface area contributed by atoms with Crippen molar-refractivity contribution in [2.24, 2.45) is 0 Å². The van der Waals surface area contributed by atoms with Gasteiger partial charge in [-0.05, 0) is 25.0 Å². The molecule has 0 spiro atoms. The van der Waals surface area contributed by atoms with Crippen molar-refractivity contribution in [3.8, 4) is 5.75 Å². The van der Waals surface area contributed by atoms with Crippen molar-refractivity contribution >= 4 is 17.7 Å². The Morgan fingerprint density at radius 2 is 2.26 bits per heavy atom. The minimum absolute atomic E-state index is 0.0157. The number of aromatic nitrogens is 1. The number of fused-ring (bicyclic) bond motifs is 1. The average Bonchev–Trinajstić information content (AvgIpc) is 2.46. The maximum Gasteiger partial charge on any atom is 0.276 e. The Bertz CT molecular complexity index is 478. The Kier molecular flexibility index (Phi) is 3.64. The predicted molar refractivity (Wildman–Crippen MR) is 75.4 cm³/mol. The molecule has 2 atom stereocenters. The lowest BCUT2D eigenvalue weighted by Crippen LogP contribution is -2.51. The van der Waals surface area contributed by atoms with Crippen LogP contribution in [0.2, 0.25) is 0 Å². The number of thioether (sulfide) groups is 1. The van der Waals surface area contributed by atoms with Crippen molar-refractivity contribution in [1.29, 1.82) is 0 Å². The van der Waals surface area contributed by atoms with Gasteiger partial charge in [0.2, 0.25) is 0 Å². The van der Waals surface area contributed by atoms with E-state index < -0.39 is 0 Å². The van der Waals surface area contributed by atoms with E-state index in [1.165, 1.54) is 25.3 Å². The van der Waals surface area contributed by atoms with Crippen molar-refractivity contribution in [3.05, 3.63) is 24.0 Å². The highest BCUT2D eigenvalue weighted by Gasteiger charge is 2.37. The van der Waals surface area contributed by atoms with Crippen LogP contribution in [0.3, 0.4) is 0 Å². The second-order valence-electron chi connectivity index (χ2n) is 5.13. The van der Waals surface area contributed by atoms with Crippen LogP contribution in [-0.4, -0.2) is 44.5 Å². The van der Waals surface area contributed by atoms with Gasteiger partial charge in [-0.25, -0.2) is 4.98 Å². The zero-order valence-corrected chi connectivity index (χ0v) is 11.6. The molecule has 1 N–H and O–H groups in total. The first-order chi connectivity index (χ1) is 9.27. The second kappa shape index (κ2) is 5.41. The predicted octanol–water partition coefficient (Wildman–Crippen LogP) is 2.29. The lowest BCUT2D eigenvalue weighted by molar-refractivity contribution is 0.0637. The molecular formula is C14H18N2O2S. The Balaban J connectivity index is 1.84. The van der Waals surface area contributed by atoms with Gasteiger partial charge in [0.25, 0.3) is 5.91 Å². The molecule has 2 aliphatic rings. The monoisotopic (exact) mass is 278 g/mol. The van der Waals surface area contributed by atoms with Gasteiger partial charge in [-0.15, -0.1) is 0 Å². The third-order valence-corrected chi connectivity index (χ3v) is 5.38. The van der Waals surface area contributed by atoms with E-state index in [-0.39, 0.29) is 17.4 Å². The van der Waals surface area contributed by atoms with E-state index in [4.69, 9.17) is 0 Å². The molecule has 1 amide bonds. The fourth-order valence-corrected chi connectivity index (χ4v) is 4.49. The molecule has 1 saturated carbocycles. The molecule has 0 bridgehead atoms. The van der Waals surface area contributed by atoms with Crippen molar-refractivity contribution < 1.29 is 9.90 Å². The quantitative estimate of drug-likeness (QED) is 0.856. The van der Waals surface area contributed by atoms with Gasteiger partial charge in [0.05, 0.1) is 0 Å². The number of carbonyl (C=O) groups is 1. The van der Waals surface area contributed by atoms with Crippen LogP contribution in [0.15, 0.2) is 18.3 Å². The second-order valence-corrected chi connectivity index (χ2v) is 6.48. The summed E-state index contributed by atoms with van der Waals surface area (Å²) in [6.07, 6.45) is 6.30. The maximum atomic E-state index is 12.6. The van der Waals surface area contributed by atoms with Crippen molar-refractivity contribution in [2.45, 2.75) is 37.0 Å². The minimum Gasteiger partial charge on any atom is -0.505 e. The number of carbonyl (C=O) groups excluding carboxylic acids is 1. The van der Waals surface area contributed by atoms with E-state index in [0.717, 1.165) is 18.7 Å². The molecule has 2 fully saturated rings. The van der Waals surface area contributed by atoms with Crippen LogP contribution in [-0.2, 0) is 0 Å². The average molecular weight is 278 g/mol. The molecule has 1 saturated heterocycles. The molecule has 1 aliphatic heterocycles. The highest BCUT2D eigenvalue weighted by Crippen LogP contribution is 2.36. The summed E-state index contributed by atoms with van der Waals surface area (Å²) in [6, 6.07) is 3.49. The van der Waals surface area contributed by atoms with Gasteiger partial charge < -0.3 is 10.0 Å². The molecule has 0 radical (unpaired) electrons. The number of hydrogen-bond donors (Lipinski definition) is 1.